The van der Waals surface area contributed by atoms with E-state index in [2.05, 4.69) is 0 Å². The molecule has 0 amide bonds. The summed E-state index contributed by atoms with van der Waals surface area (Å²) >= 11 is 11.1. The van der Waals surface area contributed by atoms with Crippen LogP contribution in [0.4, 0.5) is 0 Å². The molecule has 0 N–H and O–H groups in total. The Balaban J connectivity index is 2.80. The molecule has 0 saturated carbocycles. The maximum atomic E-state index is 5.55. The molecule has 1 aromatic rings. The van der Waals surface area contributed by atoms with Gasteiger partial charge in [-0.2, -0.15) is 0 Å². The van der Waals surface area contributed by atoms with Gasteiger partial charge in [-0.1, -0.05) is 34.3 Å². The van der Waals surface area contributed by atoms with Gasteiger partial charge in [0.1, 0.15) is 0 Å². The molecule has 0 fully saturated rings. The molecule has 2 nitrogen and oxygen atoms in total. The van der Waals surface area contributed by atoms with Gasteiger partial charge in [0.15, 0.2) is 6.23 Å². The van der Waals surface area contributed by atoms with Crippen molar-refractivity contribution >= 4 is 23.6 Å². The Kier molecular flexibility index (Phi) is 3.82. The number of rotatable bonds is 3. The van der Waals surface area contributed by atoms with E-state index in [0.29, 0.717) is 0 Å². The second kappa shape index (κ2) is 4.67. The quantitative estimate of drug-likeness (QED) is 0.556. The molecule has 66 valence electrons. The van der Waals surface area contributed by atoms with Crippen molar-refractivity contribution in [2.45, 2.75) is 6.23 Å². The van der Waals surface area contributed by atoms with Gasteiger partial charge < -0.3 is 4.74 Å². The maximum absolute atomic E-state index is 5.55. The molecule has 12 heavy (non-hydrogen) atoms. The van der Waals surface area contributed by atoms with Crippen molar-refractivity contribution in [3.05, 3.63) is 35.9 Å². The normalized spacial score (nSPS) is 13.3. The van der Waals surface area contributed by atoms with Gasteiger partial charge in [-0.25, -0.2) is 0 Å². The summed E-state index contributed by atoms with van der Waals surface area (Å²) < 4.78 is 6.04. The number of halogens is 2. The van der Waals surface area contributed by atoms with Crippen molar-refractivity contribution in [2.75, 3.05) is 7.11 Å². The summed E-state index contributed by atoms with van der Waals surface area (Å²) in [6.45, 7) is 0. The first kappa shape index (κ1) is 9.81. The highest BCUT2D eigenvalue weighted by Crippen LogP contribution is 2.24. The van der Waals surface area contributed by atoms with E-state index in [0.717, 1.165) is 9.50 Å². The Bertz CT molecular complexity index is 228. The molecule has 0 heterocycles. The van der Waals surface area contributed by atoms with E-state index in [1.807, 2.05) is 30.3 Å². The second-order valence-corrected chi connectivity index (χ2v) is 3.16. The van der Waals surface area contributed by atoms with Crippen LogP contribution in [0.1, 0.15) is 11.8 Å². The zero-order chi connectivity index (χ0) is 8.97. The molecule has 0 bridgehead atoms. The number of hydrogen-bond donors (Lipinski definition) is 0. The van der Waals surface area contributed by atoms with Crippen molar-refractivity contribution in [1.29, 1.82) is 0 Å². The monoisotopic (exact) mass is 205 g/mol. The van der Waals surface area contributed by atoms with Crippen molar-refractivity contribution in [2.24, 2.45) is 0 Å². The highest BCUT2D eigenvalue weighted by molar-refractivity contribution is 6.33. The van der Waals surface area contributed by atoms with Gasteiger partial charge in [-0.05, 0) is 29.1 Å². The molecule has 0 saturated heterocycles. The molecule has 4 heteroatoms. The van der Waals surface area contributed by atoms with Crippen molar-refractivity contribution in [3.63, 3.8) is 0 Å². The van der Waals surface area contributed by atoms with Crippen LogP contribution in [-0.4, -0.2) is 11.0 Å². The Morgan fingerprint density at radius 3 is 2.25 bits per heavy atom. The van der Waals surface area contributed by atoms with Crippen LogP contribution in [0.3, 0.4) is 0 Å². The lowest BCUT2D eigenvalue weighted by atomic mass is 10.2. The van der Waals surface area contributed by atoms with E-state index in [-0.39, 0.29) is 0 Å². The fourth-order valence-corrected chi connectivity index (χ4v) is 1.33. The summed E-state index contributed by atoms with van der Waals surface area (Å²) in [5.41, 5.74) is 0.921. The molecule has 0 aromatic heterocycles. The van der Waals surface area contributed by atoms with E-state index in [1.165, 1.54) is 0 Å². The Morgan fingerprint density at radius 1 is 1.25 bits per heavy atom. The van der Waals surface area contributed by atoms with Gasteiger partial charge in [0.25, 0.3) is 0 Å². The van der Waals surface area contributed by atoms with Crippen LogP contribution in [0.25, 0.3) is 0 Å². The Labute approximate surface area is 81.9 Å². The van der Waals surface area contributed by atoms with Gasteiger partial charge in [0, 0.05) is 7.11 Å². The summed E-state index contributed by atoms with van der Waals surface area (Å²) in [5, 5.41) is 0. The van der Waals surface area contributed by atoms with Crippen LogP contribution in [0, 0.1) is 0 Å². The fourth-order valence-electron chi connectivity index (χ4n) is 0.946. The van der Waals surface area contributed by atoms with Crippen molar-refractivity contribution in [3.8, 4) is 0 Å². The van der Waals surface area contributed by atoms with Crippen molar-refractivity contribution < 1.29 is 4.74 Å². The van der Waals surface area contributed by atoms with Crippen LogP contribution >= 0.6 is 23.6 Å². The summed E-state index contributed by atoms with van der Waals surface area (Å²) in [7, 11) is 1.55. The van der Waals surface area contributed by atoms with Crippen LogP contribution in [0.5, 0.6) is 0 Å². The van der Waals surface area contributed by atoms with Crippen LogP contribution < -0.4 is 0 Å². The highest BCUT2D eigenvalue weighted by atomic mass is 35.5. The predicted octanol–water partition coefficient (Wildman–Crippen LogP) is 2.94. The molecular weight excluding hydrogens is 197 g/mol. The molecule has 0 spiro atoms. The average Bonchev–Trinajstić information content (AvgIpc) is 2.07. The molecule has 0 aliphatic rings. The lowest BCUT2D eigenvalue weighted by molar-refractivity contribution is 0.0521. The van der Waals surface area contributed by atoms with Crippen LogP contribution in [-0.2, 0) is 4.74 Å². The third-order valence-corrected chi connectivity index (χ3v) is 1.84. The van der Waals surface area contributed by atoms with Gasteiger partial charge in [-0.15, -0.1) is 0 Å². The first-order valence-corrected chi connectivity index (χ1v) is 4.12. The van der Waals surface area contributed by atoms with E-state index in [4.69, 9.17) is 28.3 Å². The fraction of sp³-hybridized carbons (Fsp3) is 0.250. The van der Waals surface area contributed by atoms with E-state index in [1.54, 1.807) is 7.11 Å². The third kappa shape index (κ3) is 2.35. The first-order valence-electron chi connectivity index (χ1n) is 3.44. The minimum atomic E-state index is -0.408. The lowest BCUT2D eigenvalue weighted by Crippen LogP contribution is -2.11. The van der Waals surface area contributed by atoms with Gasteiger partial charge in [0.2, 0.25) is 0 Å². The van der Waals surface area contributed by atoms with Crippen molar-refractivity contribution in [1.82, 2.24) is 3.94 Å². The van der Waals surface area contributed by atoms with Gasteiger partial charge >= 0.3 is 0 Å². The number of hydrogen-bond acceptors (Lipinski definition) is 2. The number of methoxy groups -OCH3 is 1. The molecule has 1 aromatic carbocycles. The predicted molar refractivity (Wildman–Crippen MR) is 49.7 cm³/mol. The molecular formula is C8H9Cl2NO. The smallest absolute Gasteiger partial charge is 0.164 e. The summed E-state index contributed by atoms with van der Waals surface area (Å²) in [6.07, 6.45) is -0.408. The molecule has 0 aliphatic carbocycles. The Hall–Kier alpha value is -0.280. The van der Waals surface area contributed by atoms with Gasteiger partial charge in [-0.3, -0.25) is 0 Å². The van der Waals surface area contributed by atoms with E-state index in [9.17, 15) is 0 Å². The topological polar surface area (TPSA) is 12.5 Å². The van der Waals surface area contributed by atoms with Crippen LogP contribution in [0.2, 0.25) is 0 Å². The standard InChI is InChI=1S/C8H9Cl2NO/c1-12-8(11(9)10)7-5-3-2-4-6-7/h2-6,8H,1H3. The van der Waals surface area contributed by atoms with E-state index >= 15 is 0 Å². The summed E-state index contributed by atoms with van der Waals surface area (Å²) in [5.74, 6) is 0. The lowest BCUT2D eigenvalue weighted by Gasteiger charge is -2.17. The first-order chi connectivity index (χ1) is 5.75. The minimum Gasteiger partial charge on any atom is -0.360 e. The largest absolute Gasteiger partial charge is 0.360 e. The van der Waals surface area contributed by atoms with Gasteiger partial charge in [0.05, 0.1) is 0 Å². The highest BCUT2D eigenvalue weighted by Gasteiger charge is 2.15. The summed E-state index contributed by atoms with van der Waals surface area (Å²) in [4.78, 5) is 0. The molecule has 1 rings (SSSR count). The summed E-state index contributed by atoms with van der Waals surface area (Å²) in [6, 6.07) is 9.51. The van der Waals surface area contributed by atoms with Crippen LogP contribution in [0.15, 0.2) is 30.3 Å². The Morgan fingerprint density at radius 2 is 1.83 bits per heavy atom. The third-order valence-electron chi connectivity index (χ3n) is 1.49. The molecule has 1 unspecified atom stereocenters. The molecule has 0 radical (unpaired) electrons. The molecule has 0 aliphatic heterocycles. The zero-order valence-corrected chi connectivity index (χ0v) is 8.09. The average molecular weight is 206 g/mol. The SMILES string of the molecule is COC(c1ccccc1)N(Cl)Cl. The minimum absolute atomic E-state index is 0.408. The number of nitrogens with zero attached hydrogens (tertiary/aromatic N) is 1. The van der Waals surface area contributed by atoms with E-state index < -0.39 is 6.23 Å². The zero-order valence-electron chi connectivity index (χ0n) is 6.58. The maximum Gasteiger partial charge on any atom is 0.164 e. The second-order valence-electron chi connectivity index (χ2n) is 2.26. The molecule has 1 atom stereocenters. The number of ether oxygens (including phenoxy) is 1. The number of benzene rings is 1.